The van der Waals surface area contributed by atoms with Crippen LogP contribution in [0.15, 0.2) is 60.7 Å². The molecule has 0 bridgehead atoms. The standard InChI is InChI=1S/C28H28N2O4/c1-3-33-25-14-13-19-9-5-6-10-20(19)27(25)28(32)29-16-15-24-22(17-29)21-11-7-8-12-23(21)30(24)18-26(31)34-4-2/h5-14H,3-4,15-18H2,1-2H3. The third-order valence-corrected chi connectivity index (χ3v) is 6.45. The summed E-state index contributed by atoms with van der Waals surface area (Å²) >= 11 is 0. The van der Waals surface area contributed by atoms with Crippen LogP contribution >= 0.6 is 0 Å². The smallest absolute Gasteiger partial charge is 0.325 e. The predicted molar refractivity (Wildman–Crippen MR) is 132 cm³/mol. The highest BCUT2D eigenvalue weighted by Gasteiger charge is 2.30. The molecule has 1 amide bonds. The highest BCUT2D eigenvalue weighted by molar-refractivity contribution is 6.09. The first-order valence-corrected chi connectivity index (χ1v) is 11.8. The van der Waals surface area contributed by atoms with Gasteiger partial charge in [-0.1, -0.05) is 48.5 Å². The summed E-state index contributed by atoms with van der Waals surface area (Å²) in [4.78, 5) is 28.1. The molecule has 0 radical (unpaired) electrons. The molecule has 0 spiro atoms. The van der Waals surface area contributed by atoms with Crippen molar-refractivity contribution >= 4 is 33.6 Å². The number of amides is 1. The number of carbonyl (C=O) groups is 2. The molecule has 0 fully saturated rings. The van der Waals surface area contributed by atoms with Gasteiger partial charge in [-0.25, -0.2) is 0 Å². The van der Waals surface area contributed by atoms with E-state index in [0.29, 0.717) is 44.0 Å². The fourth-order valence-electron chi connectivity index (χ4n) is 5.00. The van der Waals surface area contributed by atoms with E-state index in [2.05, 4.69) is 6.07 Å². The summed E-state index contributed by atoms with van der Waals surface area (Å²) in [6, 6.07) is 19.9. The fraction of sp³-hybridized carbons (Fsp3) is 0.286. The van der Waals surface area contributed by atoms with E-state index in [1.54, 1.807) is 0 Å². The van der Waals surface area contributed by atoms with Crippen molar-refractivity contribution in [2.75, 3.05) is 19.8 Å². The Labute approximate surface area is 198 Å². The van der Waals surface area contributed by atoms with Gasteiger partial charge in [-0.05, 0) is 36.8 Å². The predicted octanol–water partition coefficient (Wildman–Crippen LogP) is 4.95. The first kappa shape index (κ1) is 22.0. The number of nitrogens with zero attached hydrogens (tertiary/aromatic N) is 2. The van der Waals surface area contributed by atoms with Crippen molar-refractivity contribution < 1.29 is 19.1 Å². The molecule has 0 saturated carbocycles. The lowest BCUT2D eigenvalue weighted by Crippen LogP contribution is -2.37. The maximum atomic E-state index is 13.9. The first-order valence-electron chi connectivity index (χ1n) is 11.8. The second-order valence-corrected chi connectivity index (χ2v) is 8.40. The average molecular weight is 457 g/mol. The normalized spacial score (nSPS) is 13.2. The lowest BCUT2D eigenvalue weighted by Gasteiger charge is -2.29. The van der Waals surface area contributed by atoms with Gasteiger partial charge in [0, 0.05) is 41.7 Å². The number of carbonyl (C=O) groups excluding carboxylic acids is 2. The van der Waals surface area contributed by atoms with Gasteiger partial charge in [0.05, 0.1) is 18.8 Å². The molecule has 174 valence electrons. The number of esters is 1. The molecule has 1 aromatic heterocycles. The number of hydrogen-bond acceptors (Lipinski definition) is 4. The van der Waals surface area contributed by atoms with Gasteiger partial charge in [0.2, 0.25) is 0 Å². The molecule has 5 rings (SSSR count). The van der Waals surface area contributed by atoms with Crippen molar-refractivity contribution in [2.45, 2.75) is 33.4 Å². The van der Waals surface area contributed by atoms with E-state index in [9.17, 15) is 9.59 Å². The third kappa shape index (κ3) is 3.79. The maximum absolute atomic E-state index is 13.9. The van der Waals surface area contributed by atoms with Crippen molar-refractivity contribution in [2.24, 2.45) is 0 Å². The van der Waals surface area contributed by atoms with Crippen LogP contribution in [-0.2, 0) is 29.0 Å². The van der Waals surface area contributed by atoms with E-state index in [1.165, 1.54) is 0 Å². The van der Waals surface area contributed by atoms with Gasteiger partial charge in [-0.2, -0.15) is 0 Å². The molecule has 34 heavy (non-hydrogen) atoms. The molecule has 0 unspecified atom stereocenters. The zero-order valence-corrected chi connectivity index (χ0v) is 19.5. The molecule has 0 aliphatic carbocycles. The van der Waals surface area contributed by atoms with Crippen LogP contribution in [0.3, 0.4) is 0 Å². The second kappa shape index (κ2) is 9.21. The Balaban J connectivity index is 1.55. The maximum Gasteiger partial charge on any atom is 0.325 e. The van der Waals surface area contributed by atoms with Crippen molar-refractivity contribution in [3.63, 3.8) is 0 Å². The molecule has 1 aliphatic heterocycles. The average Bonchev–Trinajstić information content (AvgIpc) is 3.17. The van der Waals surface area contributed by atoms with Crippen molar-refractivity contribution in [1.82, 2.24) is 9.47 Å². The zero-order chi connectivity index (χ0) is 23.7. The minimum absolute atomic E-state index is 0.0341. The fourth-order valence-corrected chi connectivity index (χ4v) is 5.00. The number of rotatable bonds is 6. The van der Waals surface area contributed by atoms with E-state index in [0.717, 1.165) is 32.9 Å². The molecule has 0 saturated heterocycles. The summed E-state index contributed by atoms with van der Waals surface area (Å²) in [5.41, 5.74) is 3.80. The van der Waals surface area contributed by atoms with E-state index < -0.39 is 0 Å². The van der Waals surface area contributed by atoms with Crippen LogP contribution in [0, 0.1) is 0 Å². The Bertz CT molecular complexity index is 1390. The van der Waals surface area contributed by atoms with Crippen molar-refractivity contribution in [1.29, 1.82) is 0 Å². The molecular weight excluding hydrogens is 428 g/mol. The number of ether oxygens (including phenoxy) is 2. The van der Waals surface area contributed by atoms with Crippen LogP contribution in [0.5, 0.6) is 5.75 Å². The van der Waals surface area contributed by atoms with E-state index >= 15 is 0 Å². The molecule has 1 aliphatic rings. The highest BCUT2D eigenvalue weighted by Crippen LogP contribution is 2.34. The monoisotopic (exact) mass is 456 g/mol. The summed E-state index contributed by atoms with van der Waals surface area (Å²) in [6.07, 6.45) is 0.671. The molecule has 4 aromatic rings. The summed E-state index contributed by atoms with van der Waals surface area (Å²) in [5.74, 6) is 0.330. The third-order valence-electron chi connectivity index (χ3n) is 6.45. The molecule has 6 nitrogen and oxygen atoms in total. The Morgan fingerprint density at radius 2 is 1.68 bits per heavy atom. The Morgan fingerprint density at radius 1 is 0.912 bits per heavy atom. The first-order chi connectivity index (χ1) is 16.6. The van der Waals surface area contributed by atoms with Gasteiger partial charge in [0.1, 0.15) is 12.3 Å². The van der Waals surface area contributed by atoms with Crippen molar-refractivity contribution in [3.05, 3.63) is 77.5 Å². The van der Waals surface area contributed by atoms with Gasteiger partial charge in [-0.15, -0.1) is 0 Å². The van der Waals surface area contributed by atoms with Gasteiger partial charge >= 0.3 is 5.97 Å². The van der Waals surface area contributed by atoms with E-state index in [1.807, 2.05) is 77.9 Å². The van der Waals surface area contributed by atoms with Crippen molar-refractivity contribution in [3.8, 4) is 5.75 Å². The SMILES string of the molecule is CCOC(=O)Cn1c2c(c3ccccc31)CN(C(=O)c1c(OCC)ccc3ccccc13)CC2. The van der Waals surface area contributed by atoms with Crippen LogP contribution in [-0.4, -0.2) is 41.1 Å². The van der Waals surface area contributed by atoms with E-state index in [-0.39, 0.29) is 18.4 Å². The second-order valence-electron chi connectivity index (χ2n) is 8.40. The minimum atomic E-state index is -0.248. The van der Waals surface area contributed by atoms with Crippen LogP contribution in [0.1, 0.15) is 35.5 Å². The molecule has 2 heterocycles. The Hall–Kier alpha value is -3.80. The number of para-hydroxylation sites is 1. The quantitative estimate of drug-likeness (QED) is 0.385. The Morgan fingerprint density at radius 3 is 2.47 bits per heavy atom. The lowest BCUT2D eigenvalue weighted by molar-refractivity contribution is -0.143. The highest BCUT2D eigenvalue weighted by atomic mass is 16.5. The van der Waals surface area contributed by atoms with Crippen LogP contribution in [0.2, 0.25) is 0 Å². The molecule has 6 heteroatoms. The van der Waals surface area contributed by atoms with Gasteiger partial charge < -0.3 is 18.9 Å². The zero-order valence-electron chi connectivity index (χ0n) is 19.5. The van der Waals surface area contributed by atoms with Gasteiger partial charge in [0.25, 0.3) is 5.91 Å². The van der Waals surface area contributed by atoms with Gasteiger partial charge in [0.15, 0.2) is 0 Å². The number of benzene rings is 3. The lowest BCUT2D eigenvalue weighted by atomic mass is 9.99. The number of aromatic nitrogens is 1. The number of fused-ring (bicyclic) bond motifs is 4. The van der Waals surface area contributed by atoms with Crippen LogP contribution in [0.4, 0.5) is 0 Å². The molecule has 3 aromatic carbocycles. The molecular formula is C28H28N2O4. The van der Waals surface area contributed by atoms with Crippen LogP contribution < -0.4 is 4.74 Å². The summed E-state index contributed by atoms with van der Waals surface area (Å²) in [5, 5.41) is 2.98. The summed E-state index contributed by atoms with van der Waals surface area (Å²) in [6.45, 7) is 5.82. The van der Waals surface area contributed by atoms with E-state index in [4.69, 9.17) is 9.47 Å². The molecule has 0 atom stereocenters. The summed E-state index contributed by atoms with van der Waals surface area (Å²) in [7, 11) is 0. The topological polar surface area (TPSA) is 60.8 Å². The van der Waals surface area contributed by atoms with Gasteiger partial charge in [-0.3, -0.25) is 9.59 Å². The Kier molecular flexibility index (Phi) is 5.97. The largest absolute Gasteiger partial charge is 0.493 e. The summed E-state index contributed by atoms with van der Waals surface area (Å²) < 4.78 is 13.1. The number of hydrogen-bond donors (Lipinski definition) is 0. The minimum Gasteiger partial charge on any atom is -0.493 e. The van der Waals surface area contributed by atoms with Crippen LogP contribution in [0.25, 0.3) is 21.7 Å². The molecule has 0 N–H and O–H groups in total.